The van der Waals surface area contributed by atoms with E-state index in [4.69, 9.17) is 11.6 Å². The van der Waals surface area contributed by atoms with Crippen LogP contribution in [0.1, 0.15) is 0 Å². The van der Waals surface area contributed by atoms with Crippen molar-refractivity contribution in [2.75, 3.05) is 17.8 Å². The lowest BCUT2D eigenvalue weighted by Gasteiger charge is -2.14. The van der Waals surface area contributed by atoms with Crippen molar-refractivity contribution in [2.45, 2.75) is 21.2 Å². The van der Waals surface area contributed by atoms with Crippen molar-refractivity contribution in [1.29, 1.82) is 0 Å². The van der Waals surface area contributed by atoms with Crippen LogP contribution in [-0.2, 0) is 19.9 Å². The van der Waals surface area contributed by atoms with Gasteiger partial charge in [0.05, 0.1) is 27.8 Å². The van der Waals surface area contributed by atoms with E-state index >= 15 is 0 Å². The van der Waals surface area contributed by atoms with Gasteiger partial charge in [0.2, 0.25) is 10.0 Å². The van der Waals surface area contributed by atoms with Gasteiger partial charge in [-0.1, -0.05) is 0 Å². The molecular weight excluding hydrogens is 342 g/mol. The third kappa shape index (κ3) is 3.67. The summed E-state index contributed by atoms with van der Waals surface area (Å²) in [5.74, 6) is -0.462. The van der Waals surface area contributed by atoms with Crippen molar-refractivity contribution >= 4 is 43.2 Å². The number of hydrogen-bond acceptors (Lipinski definition) is 5. The molecule has 0 aromatic heterocycles. The Labute approximate surface area is 128 Å². The highest BCUT2D eigenvalue weighted by Gasteiger charge is 2.38. The number of hydrogen-bond donors (Lipinski definition) is 1. The summed E-state index contributed by atoms with van der Waals surface area (Å²) in [5, 5.41) is -0.736. The molecule has 1 aliphatic rings. The van der Waals surface area contributed by atoms with Gasteiger partial charge in [0.1, 0.15) is 0 Å². The monoisotopic (exact) mass is 355 g/mol. The largest absolute Gasteiger partial charge is 0.240 e. The maximum atomic E-state index is 12.2. The van der Waals surface area contributed by atoms with Crippen LogP contribution in [0.25, 0.3) is 0 Å². The summed E-state index contributed by atoms with van der Waals surface area (Å²) in [4.78, 5) is 1.05. The van der Waals surface area contributed by atoms with Crippen LogP contribution in [0.3, 0.4) is 0 Å². The summed E-state index contributed by atoms with van der Waals surface area (Å²) in [7, 11) is -7.03. The van der Waals surface area contributed by atoms with Crippen LogP contribution in [-0.4, -0.2) is 46.0 Å². The maximum absolute atomic E-state index is 12.2. The van der Waals surface area contributed by atoms with Crippen molar-refractivity contribution < 1.29 is 16.8 Å². The summed E-state index contributed by atoms with van der Waals surface area (Å²) in [6, 6.07) is 5.58. The van der Waals surface area contributed by atoms with E-state index in [1.807, 2.05) is 6.26 Å². The first-order valence-corrected chi connectivity index (χ1v) is 10.7. The molecule has 1 N–H and O–H groups in total. The fourth-order valence-electron chi connectivity index (χ4n) is 1.93. The minimum absolute atomic E-state index is 0.100. The molecule has 1 fully saturated rings. The van der Waals surface area contributed by atoms with Crippen LogP contribution in [0.5, 0.6) is 0 Å². The molecule has 0 amide bonds. The highest BCUT2D eigenvalue weighted by Crippen LogP contribution is 2.22. The molecule has 0 spiro atoms. The number of thioether (sulfide) groups is 1. The van der Waals surface area contributed by atoms with Gasteiger partial charge in [-0.15, -0.1) is 23.4 Å². The molecule has 5 nitrogen and oxygen atoms in total. The Morgan fingerprint density at radius 3 is 2.30 bits per heavy atom. The van der Waals surface area contributed by atoms with E-state index in [1.165, 1.54) is 23.9 Å². The number of halogens is 1. The Balaban J connectivity index is 2.19. The fraction of sp³-hybridized carbons (Fsp3) is 0.455. The van der Waals surface area contributed by atoms with Crippen molar-refractivity contribution in [3.05, 3.63) is 24.3 Å². The first kappa shape index (κ1) is 16.1. The van der Waals surface area contributed by atoms with Crippen molar-refractivity contribution in [3.63, 3.8) is 0 Å². The highest BCUT2D eigenvalue weighted by atomic mass is 35.5. The molecule has 1 aromatic rings. The van der Waals surface area contributed by atoms with Crippen LogP contribution in [0.15, 0.2) is 34.1 Å². The number of sulfonamides is 1. The van der Waals surface area contributed by atoms with Crippen molar-refractivity contribution in [2.24, 2.45) is 0 Å². The summed E-state index contributed by atoms with van der Waals surface area (Å²) in [6.45, 7) is 0. The first-order valence-electron chi connectivity index (χ1n) is 5.74. The number of sulfone groups is 1. The molecule has 20 heavy (non-hydrogen) atoms. The summed E-state index contributed by atoms with van der Waals surface area (Å²) < 4.78 is 49.6. The minimum Gasteiger partial charge on any atom is -0.229 e. The molecule has 0 unspecified atom stereocenters. The number of benzene rings is 1. The molecule has 1 aliphatic heterocycles. The molecule has 2 atom stereocenters. The summed E-state index contributed by atoms with van der Waals surface area (Å²) >= 11 is 7.40. The second-order valence-corrected chi connectivity index (χ2v) is 9.80. The van der Waals surface area contributed by atoms with Gasteiger partial charge < -0.3 is 0 Å². The van der Waals surface area contributed by atoms with Gasteiger partial charge in [0.25, 0.3) is 0 Å². The van der Waals surface area contributed by atoms with Crippen LogP contribution in [0, 0.1) is 0 Å². The van der Waals surface area contributed by atoms with E-state index in [2.05, 4.69) is 4.72 Å². The predicted octanol–water partition coefficient (Wildman–Crippen LogP) is 1.09. The fourth-order valence-corrected chi connectivity index (χ4v) is 6.35. The molecule has 9 heteroatoms. The zero-order valence-corrected chi connectivity index (χ0v) is 13.8. The molecule has 0 radical (unpaired) electrons. The zero-order valence-electron chi connectivity index (χ0n) is 10.6. The second-order valence-electron chi connectivity index (χ2n) is 4.50. The molecule has 0 saturated carbocycles. The molecular formula is C11H14ClNO4S3. The lowest BCUT2D eigenvalue weighted by molar-refractivity contribution is 0.563. The summed E-state index contributed by atoms with van der Waals surface area (Å²) in [6.07, 6.45) is 1.89. The second kappa shape index (κ2) is 5.84. The van der Waals surface area contributed by atoms with Crippen molar-refractivity contribution in [1.82, 2.24) is 4.72 Å². The van der Waals surface area contributed by atoms with Gasteiger partial charge in [-0.2, -0.15) is 0 Å². The third-order valence-corrected chi connectivity index (χ3v) is 7.58. The lowest BCUT2D eigenvalue weighted by Crippen LogP contribution is -2.40. The van der Waals surface area contributed by atoms with Crippen molar-refractivity contribution in [3.8, 4) is 0 Å². The Kier molecular flexibility index (Phi) is 4.70. The number of alkyl halides is 1. The average molecular weight is 356 g/mol. The number of rotatable bonds is 4. The van der Waals surface area contributed by atoms with E-state index < -0.39 is 31.3 Å². The topological polar surface area (TPSA) is 80.3 Å². The molecule has 1 heterocycles. The van der Waals surface area contributed by atoms with Gasteiger partial charge in [-0.3, -0.25) is 0 Å². The van der Waals surface area contributed by atoms with Crippen LogP contribution >= 0.6 is 23.4 Å². The van der Waals surface area contributed by atoms with Gasteiger partial charge in [-0.05, 0) is 30.5 Å². The first-order chi connectivity index (χ1) is 9.23. The lowest BCUT2D eigenvalue weighted by atomic mass is 10.3. The van der Waals surface area contributed by atoms with Gasteiger partial charge in [0, 0.05) is 4.90 Å². The van der Waals surface area contributed by atoms with E-state index in [1.54, 1.807) is 12.1 Å². The van der Waals surface area contributed by atoms with E-state index in [9.17, 15) is 16.8 Å². The van der Waals surface area contributed by atoms with Gasteiger partial charge in [-0.25, -0.2) is 21.6 Å². The van der Waals surface area contributed by atoms with Crippen LogP contribution < -0.4 is 4.72 Å². The Morgan fingerprint density at radius 1 is 1.25 bits per heavy atom. The predicted molar refractivity (Wildman–Crippen MR) is 80.6 cm³/mol. The average Bonchev–Trinajstić information content (AvgIpc) is 2.61. The Morgan fingerprint density at radius 2 is 1.85 bits per heavy atom. The maximum Gasteiger partial charge on any atom is 0.240 e. The van der Waals surface area contributed by atoms with Gasteiger partial charge >= 0.3 is 0 Å². The van der Waals surface area contributed by atoms with Crippen LogP contribution in [0.2, 0.25) is 0 Å². The molecule has 0 aliphatic carbocycles. The molecule has 0 bridgehead atoms. The normalized spacial score (nSPS) is 25.7. The van der Waals surface area contributed by atoms with E-state index in [0.29, 0.717) is 0 Å². The zero-order chi connectivity index (χ0) is 15.0. The smallest absolute Gasteiger partial charge is 0.229 e. The van der Waals surface area contributed by atoms with E-state index in [-0.39, 0.29) is 16.4 Å². The highest BCUT2D eigenvalue weighted by molar-refractivity contribution is 7.98. The minimum atomic E-state index is -3.76. The molecule has 1 saturated heterocycles. The van der Waals surface area contributed by atoms with E-state index in [0.717, 1.165) is 4.90 Å². The molecule has 1 aromatic carbocycles. The molecule has 112 valence electrons. The quantitative estimate of drug-likeness (QED) is 0.646. The Hall–Kier alpha value is -0.280. The number of nitrogens with one attached hydrogen (secondary N) is 1. The van der Waals surface area contributed by atoms with Gasteiger partial charge in [0.15, 0.2) is 9.84 Å². The molecule has 2 rings (SSSR count). The SMILES string of the molecule is CSc1ccc(S(=O)(=O)N[C@H]2CS(=O)(=O)C[C@@H]2Cl)cc1. The summed E-state index contributed by atoms with van der Waals surface area (Å²) in [5.41, 5.74) is 0. The Bertz CT molecular complexity index is 685. The van der Waals surface area contributed by atoms with Crippen LogP contribution in [0.4, 0.5) is 0 Å². The third-order valence-electron chi connectivity index (χ3n) is 2.96. The standard InChI is InChI=1S/C11H14ClNO4S3/c1-18-8-2-4-9(5-3-8)20(16,17)13-11-7-19(14,15)6-10(11)12/h2-5,10-11,13H,6-7H2,1H3/t10-,11-/m0/s1.